The Bertz CT molecular complexity index is 580. The van der Waals surface area contributed by atoms with Gasteiger partial charge in [-0.05, 0) is 31.9 Å². The maximum Gasteiger partial charge on any atom is 0.338 e. The van der Waals surface area contributed by atoms with Crippen LogP contribution in [0.15, 0.2) is 18.2 Å². The molecule has 0 saturated carbocycles. The molecule has 0 aliphatic carbocycles. The van der Waals surface area contributed by atoms with Crippen molar-refractivity contribution in [2.45, 2.75) is 33.6 Å². The predicted molar refractivity (Wildman–Crippen MR) is 75.4 cm³/mol. The second-order valence-electron chi connectivity index (χ2n) is 5.02. The van der Waals surface area contributed by atoms with Crippen LogP contribution in [0, 0.1) is 13.8 Å². The standard InChI is InChI=1S/C15H18N2O3/c1-4-7-16-13(18)9-14(19)17(15(16)20)12-6-5-10(2)8-11(12)3/h5-6,8H,4,7,9H2,1-3H3. The summed E-state index contributed by atoms with van der Waals surface area (Å²) in [6, 6.07) is 4.97. The second-order valence-corrected chi connectivity index (χ2v) is 5.02. The molecule has 1 aliphatic heterocycles. The molecule has 106 valence electrons. The lowest BCUT2D eigenvalue weighted by Crippen LogP contribution is -2.55. The van der Waals surface area contributed by atoms with Gasteiger partial charge in [-0.3, -0.25) is 14.5 Å². The number of anilines is 1. The Labute approximate surface area is 118 Å². The van der Waals surface area contributed by atoms with Crippen LogP contribution < -0.4 is 4.90 Å². The van der Waals surface area contributed by atoms with Crippen molar-refractivity contribution in [2.75, 3.05) is 11.4 Å². The number of imide groups is 2. The summed E-state index contributed by atoms with van der Waals surface area (Å²) in [6.07, 6.45) is 0.422. The zero-order valence-corrected chi connectivity index (χ0v) is 12.0. The third-order valence-electron chi connectivity index (χ3n) is 3.32. The number of hydrogen-bond donors (Lipinski definition) is 0. The van der Waals surface area contributed by atoms with Gasteiger partial charge in [-0.15, -0.1) is 0 Å². The first-order chi connectivity index (χ1) is 9.45. The number of carbonyl (C=O) groups excluding carboxylic acids is 3. The molecule has 0 atom stereocenters. The Morgan fingerprint density at radius 2 is 1.80 bits per heavy atom. The quantitative estimate of drug-likeness (QED) is 0.795. The fraction of sp³-hybridized carbons (Fsp3) is 0.400. The van der Waals surface area contributed by atoms with Gasteiger partial charge in [0.25, 0.3) is 0 Å². The van der Waals surface area contributed by atoms with Gasteiger partial charge < -0.3 is 0 Å². The molecule has 0 aromatic heterocycles. The van der Waals surface area contributed by atoms with E-state index >= 15 is 0 Å². The van der Waals surface area contributed by atoms with Gasteiger partial charge in [0.05, 0.1) is 5.69 Å². The van der Waals surface area contributed by atoms with Crippen LogP contribution in [-0.4, -0.2) is 29.3 Å². The molecule has 0 N–H and O–H groups in total. The highest BCUT2D eigenvalue weighted by molar-refractivity contribution is 6.26. The average molecular weight is 274 g/mol. The molecule has 1 aromatic carbocycles. The van der Waals surface area contributed by atoms with E-state index in [9.17, 15) is 14.4 Å². The average Bonchev–Trinajstić information content (AvgIpc) is 2.37. The second kappa shape index (κ2) is 5.45. The minimum absolute atomic E-state index is 0.251. The Hall–Kier alpha value is -2.17. The van der Waals surface area contributed by atoms with Crippen molar-refractivity contribution in [2.24, 2.45) is 0 Å². The summed E-state index contributed by atoms with van der Waals surface area (Å²) >= 11 is 0. The summed E-state index contributed by atoms with van der Waals surface area (Å²) in [5, 5.41) is 0. The van der Waals surface area contributed by atoms with Crippen LogP contribution >= 0.6 is 0 Å². The van der Waals surface area contributed by atoms with Crippen LogP contribution in [0.25, 0.3) is 0 Å². The molecule has 0 bridgehead atoms. The fourth-order valence-electron chi connectivity index (χ4n) is 2.38. The van der Waals surface area contributed by atoms with Crippen LogP contribution in [0.4, 0.5) is 10.5 Å². The summed E-state index contributed by atoms with van der Waals surface area (Å²) in [6.45, 7) is 6.03. The van der Waals surface area contributed by atoms with E-state index in [1.54, 1.807) is 6.07 Å². The van der Waals surface area contributed by atoms with Crippen molar-refractivity contribution >= 4 is 23.5 Å². The molecule has 0 radical (unpaired) electrons. The molecule has 0 unspecified atom stereocenters. The summed E-state index contributed by atoms with van der Waals surface area (Å²) in [4.78, 5) is 38.5. The van der Waals surface area contributed by atoms with E-state index in [-0.39, 0.29) is 6.42 Å². The summed E-state index contributed by atoms with van der Waals surface area (Å²) < 4.78 is 0. The number of rotatable bonds is 3. The first-order valence-electron chi connectivity index (χ1n) is 6.70. The van der Waals surface area contributed by atoms with Crippen LogP contribution in [0.1, 0.15) is 30.9 Å². The van der Waals surface area contributed by atoms with Gasteiger partial charge in [-0.2, -0.15) is 0 Å². The number of urea groups is 1. The summed E-state index contributed by atoms with van der Waals surface area (Å²) in [7, 11) is 0. The van der Waals surface area contributed by atoms with E-state index in [1.807, 2.05) is 32.9 Å². The molecule has 5 heteroatoms. The maximum absolute atomic E-state index is 12.4. The van der Waals surface area contributed by atoms with Crippen LogP contribution in [0.3, 0.4) is 0 Å². The monoisotopic (exact) mass is 274 g/mol. The topological polar surface area (TPSA) is 57.7 Å². The van der Waals surface area contributed by atoms with Crippen LogP contribution in [0.5, 0.6) is 0 Å². The van der Waals surface area contributed by atoms with E-state index in [0.717, 1.165) is 20.9 Å². The lowest BCUT2D eigenvalue weighted by atomic mass is 10.1. The Balaban J connectivity index is 2.41. The van der Waals surface area contributed by atoms with Crippen molar-refractivity contribution in [1.82, 2.24) is 4.90 Å². The number of amides is 4. The molecule has 2 rings (SSSR count). The van der Waals surface area contributed by atoms with Crippen LogP contribution in [0.2, 0.25) is 0 Å². The normalized spacial score (nSPS) is 16.1. The van der Waals surface area contributed by atoms with Crippen molar-refractivity contribution in [1.29, 1.82) is 0 Å². The molecule has 1 fully saturated rings. The van der Waals surface area contributed by atoms with Crippen molar-refractivity contribution in [3.63, 3.8) is 0 Å². The molecule has 1 aromatic rings. The highest BCUT2D eigenvalue weighted by Crippen LogP contribution is 2.26. The van der Waals surface area contributed by atoms with E-state index in [4.69, 9.17) is 0 Å². The maximum atomic E-state index is 12.4. The van der Waals surface area contributed by atoms with Crippen molar-refractivity contribution in [3.05, 3.63) is 29.3 Å². The van der Waals surface area contributed by atoms with Gasteiger partial charge in [0.15, 0.2) is 0 Å². The van der Waals surface area contributed by atoms with Crippen molar-refractivity contribution in [3.8, 4) is 0 Å². The Morgan fingerprint density at radius 3 is 2.40 bits per heavy atom. The summed E-state index contributed by atoms with van der Waals surface area (Å²) in [5.74, 6) is -0.873. The zero-order chi connectivity index (χ0) is 14.9. The number of benzene rings is 1. The Morgan fingerprint density at radius 1 is 1.10 bits per heavy atom. The van der Waals surface area contributed by atoms with Crippen molar-refractivity contribution < 1.29 is 14.4 Å². The molecule has 1 aliphatic rings. The van der Waals surface area contributed by atoms with Gasteiger partial charge in [-0.25, -0.2) is 9.69 Å². The lowest BCUT2D eigenvalue weighted by Gasteiger charge is -2.33. The molecule has 1 saturated heterocycles. The number of aryl methyl sites for hydroxylation is 2. The smallest absolute Gasteiger partial charge is 0.274 e. The molecular weight excluding hydrogens is 256 g/mol. The Kier molecular flexibility index (Phi) is 3.88. The number of hydrogen-bond acceptors (Lipinski definition) is 3. The first-order valence-corrected chi connectivity index (χ1v) is 6.70. The zero-order valence-electron chi connectivity index (χ0n) is 12.0. The van der Waals surface area contributed by atoms with E-state index < -0.39 is 17.8 Å². The first kappa shape index (κ1) is 14.2. The van der Waals surface area contributed by atoms with Crippen LogP contribution in [-0.2, 0) is 9.59 Å². The highest BCUT2D eigenvalue weighted by atomic mass is 16.2. The number of nitrogens with zero attached hydrogens (tertiary/aromatic N) is 2. The van der Waals surface area contributed by atoms with E-state index in [1.165, 1.54) is 0 Å². The summed E-state index contributed by atoms with van der Waals surface area (Å²) in [5.41, 5.74) is 2.46. The van der Waals surface area contributed by atoms with Gasteiger partial charge in [0.2, 0.25) is 11.8 Å². The highest BCUT2D eigenvalue weighted by Gasteiger charge is 2.38. The van der Waals surface area contributed by atoms with Gasteiger partial charge in [-0.1, -0.05) is 24.6 Å². The molecule has 5 nitrogen and oxygen atoms in total. The largest absolute Gasteiger partial charge is 0.338 e. The number of barbiturate groups is 1. The van der Waals surface area contributed by atoms with Gasteiger partial charge in [0.1, 0.15) is 6.42 Å². The molecule has 20 heavy (non-hydrogen) atoms. The third kappa shape index (κ3) is 2.43. The molecule has 4 amide bonds. The minimum atomic E-state index is -0.542. The van der Waals surface area contributed by atoms with E-state index in [2.05, 4.69) is 0 Å². The van der Waals surface area contributed by atoms with Gasteiger partial charge in [0, 0.05) is 6.54 Å². The van der Waals surface area contributed by atoms with Gasteiger partial charge >= 0.3 is 6.03 Å². The molecule has 1 heterocycles. The lowest BCUT2D eigenvalue weighted by molar-refractivity contribution is -0.134. The predicted octanol–water partition coefficient (Wildman–Crippen LogP) is 2.40. The molecular formula is C15H18N2O3. The third-order valence-corrected chi connectivity index (χ3v) is 3.32. The SMILES string of the molecule is CCCN1C(=O)CC(=O)N(c2ccc(C)cc2C)C1=O. The number of carbonyl (C=O) groups is 3. The minimum Gasteiger partial charge on any atom is -0.274 e. The van der Waals surface area contributed by atoms with E-state index in [0.29, 0.717) is 18.7 Å². The molecule has 0 spiro atoms. The fourth-order valence-corrected chi connectivity index (χ4v) is 2.38.